The Labute approximate surface area is 110 Å². The molecule has 0 amide bonds. The number of carbonyl (C=O) groups is 1. The van der Waals surface area contributed by atoms with E-state index >= 15 is 0 Å². The van der Waals surface area contributed by atoms with Gasteiger partial charge in [0.05, 0.1) is 42.2 Å². The highest BCUT2D eigenvalue weighted by molar-refractivity contribution is 5.92. The Bertz CT molecular complexity index is 645. The average molecular weight is 260 g/mol. The molecule has 1 unspecified atom stereocenters. The van der Waals surface area contributed by atoms with Gasteiger partial charge in [0.2, 0.25) is 0 Å². The fraction of sp³-hybridized carbons (Fsp3) is 0.429. The summed E-state index contributed by atoms with van der Waals surface area (Å²) in [6.45, 7) is 5.64. The molecule has 100 valence electrons. The summed E-state index contributed by atoms with van der Waals surface area (Å²) in [5, 5.41) is 9.09. The van der Waals surface area contributed by atoms with E-state index in [1.807, 2.05) is 4.57 Å². The zero-order chi connectivity index (χ0) is 13.6. The number of benzene rings is 1. The molecule has 1 atom stereocenters. The quantitative estimate of drug-likeness (QED) is 0.900. The lowest BCUT2D eigenvalue weighted by Gasteiger charge is -2.26. The molecule has 1 saturated heterocycles. The van der Waals surface area contributed by atoms with Crippen LogP contribution < -0.4 is 0 Å². The zero-order valence-electron chi connectivity index (χ0n) is 11.0. The Balaban J connectivity index is 2.14. The number of carboxylic acid groups (broad SMARTS) is 1. The summed E-state index contributed by atoms with van der Waals surface area (Å²) in [5.41, 5.74) is 1.97. The van der Waals surface area contributed by atoms with Crippen molar-refractivity contribution in [2.75, 3.05) is 13.2 Å². The zero-order valence-corrected chi connectivity index (χ0v) is 11.0. The molecule has 0 bridgehead atoms. The van der Waals surface area contributed by atoms with Crippen molar-refractivity contribution < 1.29 is 14.6 Å². The highest BCUT2D eigenvalue weighted by atomic mass is 16.5. The van der Waals surface area contributed by atoms with Crippen LogP contribution in [-0.2, 0) is 4.74 Å². The highest BCUT2D eigenvalue weighted by Crippen LogP contribution is 2.38. The molecule has 1 N–H and O–H groups in total. The first-order chi connectivity index (χ1) is 8.99. The standard InChI is InChI=1S/C14H16N2O3/c1-14(2)7-19-6-12(14)16-8-15-10-4-3-9(13(17)18)5-11(10)16/h3-5,8,12H,6-7H2,1-2H3,(H,17,18). The molecule has 0 aliphatic carbocycles. The van der Waals surface area contributed by atoms with Gasteiger partial charge in [-0.15, -0.1) is 0 Å². The first-order valence-electron chi connectivity index (χ1n) is 6.27. The van der Waals surface area contributed by atoms with Gasteiger partial charge in [0.25, 0.3) is 0 Å². The highest BCUT2D eigenvalue weighted by Gasteiger charge is 2.37. The van der Waals surface area contributed by atoms with Crippen LogP contribution in [-0.4, -0.2) is 33.8 Å². The van der Waals surface area contributed by atoms with Crippen molar-refractivity contribution in [1.82, 2.24) is 9.55 Å². The number of hydrogen-bond donors (Lipinski definition) is 1. The fourth-order valence-electron chi connectivity index (χ4n) is 2.62. The molecule has 1 aliphatic heterocycles. The molecule has 2 heterocycles. The van der Waals surface area contributed by atoms with Crippen LogP contribution in [0.2, 0.25) is 0 Å². The second kappa shape index (κ2) is 4.06. The molecule has 1 aliphatic rings. The number of carboxylic acids is 1. The predicted molar refractivity (Wildman–Crippen MR) is 70.3 cm³/mol. The molecule has 1 aromatic heterocycles. The van der Waals surface area contributed by atoms with Crippen LogP contribution >= 0.6 is 0 Å². The Hall–Kier alpha value is -1.88. The lowest BCUT2D eigenvalue weighted by atomic mass is 9.87. The third-order valence-corrected chi connectivity index (χ3v) is 3.81. The topological polar surface area (TPSA) is 64.4 Å². The molecule has 1 fully saturated rings. The lowest BCUT2D eigenvalue weighted by Crippen LogP contribution is -2.24. The lowest BCUT2D eigenvalue weighted by molar-refractivity contribution is 0.0697. The van der Waals surface area contributed by atoms with Crippen LogP contribution in [0, 0.1) is 5.41 Å². The molecule has 2 aromatic rings. The van der Waals surface area contributed by atoms with Gasteiger partial charge >= 0.3 is 5.97 Å². The molecule has 5 heteroatoms. The van der Waals surface area contributed by atoms with E-state index in [1.165, 1.54) is 0 Å². The van der Waals surface area contributed by atoms with Crippen LogP contribution in [0.25, 0.3) is 11.0 Å². The van der Waals surface area contributed by atoms with Gasteiger partial charge in [-0.05, 0) is 18.2 Å². The van der Waals surface area contributed by atoms with Gasteiger partial charge in [0.15, 0.2) is 0 Å². The molecule has 3 rings (SSSR count). The third kappa shape index (κ3) is 1.90. The van der Waals surface area contributed by atoms with Crippen molar-refractivity contribution in [3.63, 3.8) is 0 Å². The van der Waals surface area contributed by atoms with E-state index in [0.717, 1.165) is 11.0 Å². The molecule has 0 saturated carbocycles. The summed E-state index contributed by atoms with van der Waals surface area (Å²) in [5.74, 6) is -0.920. The van der Waals surface area contributed by atoms with E-state index in [1.54, 1.807) is 24.5 Å². The number of aromatic carboxylic acids is 1. The summed E-state index contributed by atoms with van der Waals surface area (Å²) in [6.07, 6.45) is 1.78. The maximum atomic E-state index is 11.1. The molecular formula is C14H16N2O3. The van der Waals surface area contributed by atoms with E-state index in [-0.39, 0.29) is 17.0 Å². The Morgan fingerprint density at radius 1 is 1.53 bits per heavy atom. The van der Waals surface area contributed by atoms with E-state index in [0.29, 0.717) is 13.2 Å². The van der Waals surface area contributed by atoms with E-state index in [4.69, 9.17) is 9.84 Å². The van der Waals surface area contributed by atoms with Crippen molar-refractivity contribution in [3.8, 4) is 0 Å². The van der Waals surface area contributed by atoms with Gasteiger partial charge in [-0.1, -0.05) is 13.8 Å². The van der Waals surface area contributed by atoms with Crippen LogP contribution in [0.4, 0.5) is 0 Å². The van der Waals surface area contributed by atoms with Crippen LogP contribution in [0.1, 0.15) is 30.2 Å². The average Bonchev–Trinajstić information content (AvgIpc) is 2.90. The number of ether oxygens (including phenoxy) is 1. The van der Waals surface area contributed by atoms with Gasteiger partial charge in [0, 0.05) is 5.41 Å². The van der Waals surface area contributed by atoms with Crippen molar-refractivity contribution in [2.45, 2.75) is 19.9 Å². The molecule has 0 spiro atoms. The Morgan fingerprint density at radius 2 is 2.32 bits per heavy atom. The maximum Gasteiger partial charge on any atom is 0.335 e. The first-order valence-corrected chi connectivity index (χ1v) is 6.27. The van der Waals surface area contributed by atoms with Gasteiger partial charge in [-0.3, -0.25) is 0 Å². The molecular weight excluding hydrogens is 244 g/mol. The fourth-order valence-corrected chi connectivity index (χ4v) is 2.62. The van der Waals surface area contributed by atoms with Crippen LogP contribution in [0.5, 0.6) is 0 Å². The summed E-state index contributed by atoms with van der Waals surface area (Å²) in [7, 11) is 0. The number of nitrogens with zero attached hydrogens (tertiary/aromatic N) is 2. The molecule has 5 nitrogen and oxygen atoms in total. The molecule has 19 heavy (non-hydrogen) atoms. The smallest absolute Gasteiger partial charge is 0.335 e. The minimum Gasteiger partial charge on any atom is -0.478 e. The normalized spacial score (nSPS) is 21.9. The second-order valence-electron chi connectivity index (χ2n) is 5.68. The second-order valence-corrected chi connectivity index (χ2v) is 5.68. The van der Waals surface area contributed by atoms with Crippen molar-refractivity contribution in [1.29, 1.82) is 0 Å². The van der Waals surface area contributed by atoms with Crippen molar-refractivity contribution >= 4 is 17.0 Å². The molecule has 1 aromatic carbocycles. The summed E-state index contributed by atoms with van der Waals surface area (Å²) in [6, 6.07) is 5.19. The van der Waals surface area contributed by atoms with Crippen molar-refractivity contribution in [2.24, 2.45) is 5.41 Å². The number of fused-ring (bicyclic) bond motifs is 1. The van der Waals surface area contributed by atoms with E-state index in [9.17, 15) is 4.79 Å². The van der Waals surface area contributed by atoms with Gasteiger partial charge in [-0.2, -0.15) is 0 Å². The van der Waals surface area contributed by atoms with Crippen LogP contribution in [0.15, 0.2) is 24.5 Å². The summed E-state index contributed by atoms with van der Waals surface area (Å²) >= 11 is 0. The van der Waals surface area contributed by atoms with Crippen LogP contribution in [0.3, 0.4) is 0 Å². The van der Waals surface area contributed by atoms with E-state index in [2.05, 4.69) is 18.8 Å². The minimum absolute atomic E-state index is 0.0207. The Morgan fingerprint density at radius 3 is 2.95 bits per heavy atom. The Kier molecular flexibility index (Phi) is 2.60. The number of hydrogen-bond acceptors (Lipinski definition) is 3. The largest absolute Gasteiger partial charge is 0.478 e. The van der Waals surface area contributed by atoms with Crippen molar-refractivity contribution in [3.05, 3.63) is 30.1 Å². The number of imidazole rings is 1. The summed E-state index contributed by atoms with van der Waals surface area (Å²) < 4.78 is 7.59. The van der Waals surface area contributed by atoms with E-state index < -0.39 is 5.97 Å². The number of aromatic nitrogens is 2. The maximum absolute atomic E-state index is 11.1. The summed E-state index contributed by atoms with van der Waals surface area (Å²) in [4.78, 5) is 15.4. The van der Waals surface area contributed by atoms with Gasteiger partial charge in [-0.25, -0.2) is 9.78 Å². The van der Waals surface area contributed by atoms with Gasteiger partial charge < -0.3 is 14.4 Å². The SMILES string of the molecule is CC1(C)COCC1n1cnc2ccc(C(=O)O)cc21. The first kappa shape index (κ1) is 12.2. The predicted octanol–water partition coefficient (Wildman–Crippen LogP) is 2.33. The third-order valence-electron chi connectivity index (χ3n) is 3.81. The molecule has 0 radical (unpaired) electrons. The monoisotopic (exact) mass is 260 g/mol. The minimum atomic E-state index is -0.920. The number of rotatable bonds is 2. The van der Waals surface area contributed by atoms with Gasteiger partial charge in [0.1, 0.15) is 0 Å².